The molecule has 6 heteroatoms. The van der Waals surface area contributed by atoms with E-state index in [1.165, 1.54) is 7.11 Å². The van der Waals surface area contributed by atoms with Gasteiger partial charge in [0.05, 0.1) is 7.11 Å². The number of hydrogen-bond acceptors (Lipinski definition) is 5. The largest absolute Gasteiger partial charge is 0.468 e. The van der Waals surface area contributed by atoms with E-state index in [-0.39, 0.29) is 18.1 Å². The van der Waals surface area contributed by atoms with Crippen molar-refractivity contribution in [2.24, 2.45) is 0 Å². The van der Waals surface area contributed by atoms with Gasteiger partial charge in [-0.2, -0.15) is 0 Å². The molecule has 2 atom stereocenters. The van der Waals surface area contributed by atoms with Crippen LogP contribution < -0.4 is 10.6 Å². The van der Waals surface area contributed by atoms with Crippen LogP contribution in [0.15, 0.2) is 0 Å². The van der Waals surface area contributed by atoms with Crippen molar-refractivity contribution in [3.05, 3.63) is 0 Å². The van der Waals surface area contributed by atoms with Gasteiger partial charge in [0.15, 0.2) is 0 Å². The van der Waals surface area contributed by atoms with Crippen LogP contribution >= 0.6 is 0 Å². The molecular weight excluding hydrogens is 224 g/mol. The van der Waals surface area contributed by atoms with Crippen molar-refractivity contribution in [3.63, 3.8) is 0 Å². The number of methoxy groups -OCH3 is 1. The average Bonchev–Trinajstić information content (AvgIpc) is 2.62. The van der Waals surface area contributed by atoms with Crippen molar-refractivity contribution in [3.8, 4) is 0 Å². The lowest BCUT2D eigenvalue weighted by Gasteiger charge is -2.21. The fraction of sp³-hybridized carbons (Fsp3) is 0.818. The van der Waals surface area contributed by atoms with Gasteiger partial charge in [-0.1, -0.05) is 0 Å². The number of carbonyl (C=O) groups excluding carboxylic acids is 2. The molecule has 0 aromatic rings. The average molecular weight is 244 g/mol. The Balaban J connectivity index is 2.35. The van der Waals surface area contributed by atoms with Gasteiger partial charge in [-0.15, -0.1) is 0 Å². The molecule has 0 aromatic heterocycles. The summed E-state index contributed by atoms with van der Waals surface area (Å²) in [5, 5.41) is 5.69. The molecule has 1 amide bonds. The molecule has 6 nitrogen and oxygen atoms in total. The Morgan fingerprint density at radius 3 is 2.53 bits per heavy atom. The van der Waals surface area contributed by atoms with Gasteiger partial charge in [0.2, 0.25) is 0 Å². The predicted molar refractivity (Wildman–Crippen MR) is 61.6 cm³/mol. The SMILES string of the molecule is COC(=O)C1CC(NC(=O)OC(C)(C)C)CN1. The summed E-state index contributed by atoms with van der Waals surface area (Å²) in [5.41, 5.74) is -0.516. The summed E-state index contributed by atoms with van der Waals surface area (Å²) in [5.74, 6) is -0.307. The van der Waals surface area contributed by atoms with Crippen LogP contribution in [0.5, 0.6) is 0 Å². The van der Waals surface area contributed by atoms with E-state index in [0.717, 1.165) is 0 Å². The summed E-state index contributed by atoms with van der Waals surface area (Å²) in [7, 11) is 1.35. The normalized spacial score (nSPS) is 24.2. The van der Waals surface area contributed by atoms with Gasteiger partial charge in [0.1, 0.15) is 11.6 Å². The second kappa shape index (κ2) is 5.35. The van der Waals surface area contributed by atoms with Gasteiger partial charge in [-0.3, -0.25) is 4.79 Å². The molecule has 1 heterocycles. The van der Waals surface area contributed by atoms with Gasteiger partial charge in [0, 0.05) is 12.6 Å². The molecule has 0 aliphatic carbocycles. The minimum Gasteiger partial charge on any atom is -0.468 e. The van der Waals surface area contributed by atoms with Gasteiger partial charge in [-0.05, 0) is 27.2 Å². The maximum absolute atomic E-state index is 11.5. The Kier molecular flexibility index (Phi) is 4.34. The second-order valence-corrected chi connectivity index (χ2v) is 5.06. The maximum atomic E-state index is 11.5. The number of ether oxygens (including phenoxy) is 2. The minimum absolute atomic E-state index is 0.103. The van der Waals surface area contributed by atoms with E-state index in [9.17, 15) is 9.59 Å². The highest BCUT2D eigenvalue weighted by atomic mass is 16.6. The summed E-state index contributed by atoms with van der Waals surface area (Å²) < 4.78 is 9.75. The van der Waals surface area contributed by atoms with E-state index in [4.69, 9.17) is 4.74 Å². The highest BCUT2D eigenvalue weighted by molar-refractivity contribution is 5.76. The van der Waals surface area contributed by atoms with E-state index in [2.05, 4.69) is 15.4 Å². The highest BCUT2D eigenvalue weighted by Crippen LogP contribution is 2.10. The molecule has 0 radical (unpaired) electrons. The zero-order valence-corrected chi connectivity index (χ0v) is 10.7. The quantitative estimate of drug-likeness (QED) is 0.688. The zero-order valence-electron chi connectivity index (χ0n) is 10.7. The van der Waals surface area contributed by atoms with E-state index in [1.54, 1.807) is 20.8 Å². The van der Waals surface area contributed by atoms with Crippen LogP contribution in [0.2, 0.25) is 0 Å². The molecule has 0 aromatic carbocycles. The lowest BCUT2D eigenvalue weighted by Crippen LogP contribution is -2.40. The molecular formula is C11H20N2O4. The molecule has 1 saturated heterocycles. The van der Waals surface area contributed by atoms with E-state index < -0.39 is 11.7 Å². The van der Waals surface area contributed by atoms with Crippen molar-refractivity contribution in [1.82, 2.24) is 10.6 Å². The van der Waals surface area contributed by atoms with Gasteiger partial charge >= 0.3 is 12.1 Å². The van der Waals surface area contributed by atoms with E-state index >= 15 is 0 Å². The topological polar surface area (TPSA) is 76.7 Å². The van der Waals surface area contributed by atoms with E-state index in [1.807, 2.05) is 0 Å². The van der Waals surface area contributed by atoms with Crippen molar-refractivity contribution in [1.29, 1.82) is 0 Å². The monoisotopic (exact) mass is 244 g/mol. The summed E-state index contributed by atoms with van der Waals surface area (Å²) in [4.78, 5) is 22.7. The Labute approximate surface area is 101 Å². The lowest BCUT2D eigenvalue weighted by atomic mass is 10.2. The molecule has 2 unspecified atom stereocenters. The minimum atomic E-state index is -0.516. The third-order valence-corrected chi connectivity index (χ3v) is 2.34. The third-order valence-electron chi connectivity index (χ3n) is 2.34. The molecule has 17 heavy (non-hydrogen) atoms. The standard InChI is InChI=1S/C11H20N2O4/c1-11(2,3)17-10(15)13-7-5-8(12-6-7)9(14)16-4/h7-8,12H,5-6H2,1-4H3,(H,13,15). The summed E-state index contributed by atoms with van der Waals surface area (Å²) >= 11 is 0. The number of rotatable bonds is 2. The van der Waals surface area contributed by atoms with Crippen molar-refractivity contribution >= 4 is 12.1 Å². The van der Waals surface area contributed by atoms with Gasteiger partial charge in [-0.25, -0.2) is 4.79 Å². The number of esters is 1. The number of nitrogens with one attached hydrogen (secondary N) is 2. The molecule has 1 fully saturated rings. The Morgan fingerprint density at radius 1 is 1.35 bits per heavy atom. The molecule has 2 N–H and O–H groups in total. The van der Waals surface area contributed by atoms with Gasteiger partial charge < -0.3 is 20.1 Å². The smallest absolute Gasteiger partial charge is 0.407 e. The molecule has 0 bridgehead atoms. The summed E-state index contributed by atoms with van der Waals surface area (Å²) in [6.07, 6.45) is 0.0566. The van der Waals surface area contributed by atoms with Crippen molar-refractivity contribution in [2.45, 2.75) is 44.9 Å². The first kappa shape index (κ1) is 13.8. The van der Waals surface area contributed by atoms with Crippen LogP contribution in [0, 0.1) is 0 Å². The number of alkyl carbamates (subject to hydrolysis) is 1. The second-order valence-electron chi connectivity index (χ2n) is 5.06. The fourth-order valence-electron chi connectivity index (χ4n) is 1.64. The predicted octanol–water partition coefficient (Wildman–Crippen LogP) is 0.415. The molecule has 0 spiro atoms. The summed E-state index contributed by atoms with van der Waals surface area (Å²) in [6, 6.07) is -0.450. The van der Waals surface area contributed by atoms with Gasteiger partial charge in [0.25, 0.3) is 0 Å². The number of carbonyl (C=O) groups is 2. The van der Waals surface area contributed by atoms with Crippen molar-refractivity contribution < 1.29 is 19.1 Å². The number of amides is 1. The van der Waals surface area contributed by atoms with Crippen LogP contribution in [0.1, 0.15) is 27.2 Å². The van der Waals surface area contributed by atoms with Crippen LogP contribution in [-0.4, -0.2) is 43.4 Å². The maximum Gasteiger partial charge on any atom is 0.407 e. The molecule has 1 rings (SSSR count). The first-order valence-electron chi connectivity index (χ1n) is 5.62. The van der Waals surface area contributed by atoms with Crippen LogP contribution in [-0.2, 0) is 14.3 Å². The Morgan fingerprint density at radius 2 is 2.00 bits per heavy atom. The van der Waals surface area contributed by atoms with Crippen LogP contribution in [0.3, 0.4) is 0 Å². The summed E-state index contributed by atoms with van der Waals surface area (Å²) in [6.45, 7) is 5.95. The zero-order chi connectivity index (χ0) is 13.1. The third kappa shape index (κ3) is 4.60. The molecule has 0 saturated carbocycles. The van der Waals surface area contributed by atoms with Crippen LogP contribution in [0.25, 0.3) is 0 Å². The lowest BCUT2D eigenvalue weighted by molar-refractivity contribution is -0.142. The van der Waals surface area contributed by atoms with Crippen LogP contribution in [0.4, 0.5) is 4.79 Å². The van der Waals surface area contributed by atoms with Crippen molar-refractivity contribution in [2.75, 3.05) is 13.7 Å². The Hall–Kier alpha value is -1.30. The first-order valence-corrected chi connectivity index (χ1v) is 5.62. The fourth-order valence-corrected chi connectivity index (χ4v) is 1.64. The molecule has 1 aliphatic rings. The molecule has 1 aliphatic heterocycles. The first-order chi connectivity index (χ1) is 7.81. The van der Waals surface area contributed by atoms with E-state index in [0.29, 0.717) is 13.0 Å². The number of hydrogen-bond donors (Lipinski definition) is 2. The Bertz CT molecular complexity index is 298. The highest BCUT2D eigenvalue weighted by Gasteiger charge is 2.31. The molecule has 98 valence electrons.